The van der Waals surface area contributed by atoms with Crippen molar-refractivity contribution in [2.75, 3.05) is 18.4 Å². The van der Waals surface area contributed by atoms with Crippen LogP contribution in [-0.2, 0) is 4.79 Å². The molecule has 1 unspecified atom stereocenters. The van der Waals surface area contributed by atoms with Crippen LogP contribution in [0.15, 0.2) is 54.6 Å². The van der Waals surface area contributed by atoms with Gasteiger partial charge in [0.15, 0.2) is 0 Å². The third-order valence-electron chi connectivity index (χ3n) is 5.17. The van der Waals surface area contributed by atoms with Gasteiger partial charge in [-0.3, -0.25) is 9.59 Å². The molecule has 7 nitrogen and oxygen atoms in total. The minimum atomic E-state index is -0.607. The Morgan fingerprint density at radius 3 is 2.37 bits per heavy atom. The lowest BCUT2D eigenvalue weighted by Crippen LogP contribution is -2.52. The molecule has 158 valence electrons. The molecule has 1 aliphatic heterocycles. The van der Waals surface area contributed by atoms with Crippen molar-refractivity contribution in [1.82, 2.24) is 15.5 Å². The van der Waals surface area contributed by atoms with Gasteiger partial charge in [0.2, 0.25) is 5.91 Å². The molecule has 0 aromatic heterocycles. The molecule has 4 amide bonds. The van der Waals surface area contributed by atoms with Crippen LogP contribution in [0, 0.1) is 6.92 Å². The fraction of sp³-hybridized carbons (Fsp3) is 0.348. The van der Waals surface area contributed by atoms with Gasteiger partial charge in [-0.1, -0.05) is 35.9 Å². The fourth-order valence-electron chi connectivity index (χ4n) is 3.52. The normalized spacial score (nSPS) is 15.2. The highest BCUT2D eigenvalue weighted by Crippen LogP contribution is 2.13. The van der Waals surface area contributed by atoms with Gasteiger partial charge in [0.1, 0.15) is 6.04 Å². The molecule has 0 spiro atoms. The zero-order chi connectivity index (χ0) is 21.5. The van der Waals surface area contributed by atoms with Gasteiger partial charge in [-0.15, -0.1) is 0 Å². The Morgan fingerprint density at radius 2 is 1.70 bits per heavy atom. The summed E-state index contributed by atoms with van der Waals surface area (Å²) >= 11 is 0. The zero-order valence-electron chi connectivity index (χ0n) is 17.4. The largest absolute Gasteiger partial charge is 0.341 e. The first kappa shape index (κ1) is 21.4. The predicted octanol–water partition coefficient (Wildman–Crippen LogP) is 2.93. The lowest BCUT2D eigenvalue weighted by Gasteiger charge is -2.34. The smallest absolute Gasteiger partial charge is 0.319 e. The quantitative estimate of drug-likeness (QED) is 0.710. The van der Waals surface area contributed by atoms with Crippen molar-refractivity contribution < 1.29 is 14.4 Å². The summed E-state index contributed by atoms with van der Waals surface area (Å²) in [5.74, 6) is -0.364. The molecular weight excluding hydrogens is 380 g/mol. The number of para-hydroxylation sites is 1. The van der Waals surface area contributed by atoms with Crippen LogP contribution in [0.2, 0.25) is 0 Å². The predicted molar refractivity (Wildman–Crippen MR) is 116 cm³/mol. The summed E-state index contributed by atoms with van der Waals surface area (Å²) in [7, 11) is 0. The molecule has 1 saturated heterocycles. The van der Waals surface area contributed by atoms with Crippen molar-refractivity contribution in [3.8, 4) is 0 Å². The van der Waals surface area contributed by atoms with Crippen molar-refractivity contribution in [3.05, 3.63) is 65.7 Å². The average Bonchev–Trinajstić information content (AvgIpc) is 2.74. The monoisotopic (exact) mass is 408 g/mol. The summed E-state index contributed by atoms with van der Waals surface area (Å²) < 4.78 is 0. The number of amides is 4. The summed E-state index contributed by atoms with van der Waals surface area (Å²) in [5, 5.41) is 8.54. The van der Waals surface area contributed by atoms with Gasteiger partial charge in [0, 0.05) is 30.4 Å². The van der Waals surface area contributed by atoms with E-state index in [0.717, 1.165) is 11.3 Å². The Balaban J connectivity index is 1.44. The van der Waals surface area contributed by atoms with E-state index >= 15 is 0 Å². The van der Waals surface area contributed by atoms with Crippen molar-refractivity contribution in [3.63, 3.8) is 0 Å². The SMILES string of the molecule is Cc1cccc(C(=O)NC(C)C(=O)N2CCC(NC(=O)Nc3ccccc3)CC2)c1. The first-order valence-electron chi connectivity index (χ1n) is 10.2. The molecule has 0 saturated carbocycles. The molecule has 0 radical (unpaired) electrons. The first-order valence-corrected chi connectivity index (χ1v) is 10.2. The molecule has 7 heteroatoms. The Hall–Kier alpha value is -3.35. The number of hydrogen-bond acceptors (Lipinski definition) is 3. The van der Waals surface area contributed by atoms with E-state index in [9.17, 15) is 14.4 Å². The molecule has 1 heterocycles. The number of nitrogens with one attached hydrogen (secondary N) is 3. The fourth-order valence-corrected chi connectivity index (χ4v) is 3.52. The second kappa shape index (κ2) is 9.91. The highest BCUT2D eigenvalue weighted by molar-refractivity contribution is 5.97. The molecule has 3 N–H and O–H groups in total. The Morgan fingerprint density at radius 1 is 1.00 bits per heavy atom. The molecule has 3 rings (SSSR count). The van der Waals surface area contributed by atoms with Gasteiger partial charge in [-0.05, 0) is 51.0 Å². The maximum atomic E-state index is 12.7. The lowest BCUT2D eigenvalue weighted by atomic mass is 10.0. The van der Waals surface area contributed by atoms with Gasteiger partial charge >= 0.3 is 6.03 Å². The van der Waals surface area contributed by atoms with Gasteiger partial charge < -0.3 is 20.9 Å². The minimum absolute atomic E-state index is 0.00922. The van der Waals surface area contributed by atoms with Gasteiger partial charge in [0.25, 0.3) is 5.91 Å². The summed E-state index contributed by atoms with van der Waals surface area (Å²) in [6.07, 6.45) is 1.35. The molecule has 2 aromatic rings. The van der Waals surface area contributed by atoms with Crippen LogP contribution in [0.1, 0.15) is 35.7 Å². The van der Waals surface area contributed by atoms with E-state index in [0.29, 0.717) is 31.5 Å². The van der Waals surface area contributed by atoms with Crippen LogP contribution >= 0.6 is 0 Å². The highest BCUT2D eigenvalue weighted by atomic mass is 16.2. The summed E-state index contributed by atoms with van der Waals surface area (Å²) in [5.41, 5.74) is 2.27. The van der Waals surface area contributed by atoms with Crippen LogP contribution in [0.4, 0.5) is 10.5 Å². The van der Waals surface area contributed by atoms with Crippen molar-refractivity contribution in [1.29, 1.82) is 0 Å². The topological polar surface area (TPSA) is 90.5 Å². The molecule has 0 aliphatic carbocycles. The summed E-state index contributed by atoms with van der Waals surface area (Å²) in [6, 6.07) is 15.7. The van der Waals surface area contributed by atoms with E-state index in [2.05, 4.69) is 16.0 Å². The zero-order valence-corrected chi connectivity index (χ0v) is 17.4. The van der Waals surface area contributed by atoms with E-state index in [1.54, 1.807) is 24.0 Å². The minimum Gasteiger partial charge on any atom is -0.341 e. The van der Waals surface area contributed by atoms with Crippen LogP contribution in [0.3, 0.4) is 0 Å². The third-order valence-corrected chi connectivity index (χ3v) is 5.17. The number of likely N-dealkylation sites (tertiary alicyclic amines) is 1. The summed E-state index contributed by atoms with van der Waals surface area (Å²) in [6.45, 7) is 4.71. The highest BCUT2D eigenvalue weighted by Gasteiger charge is 2.27. The van der Waals surface area contributed by atoms with Crippen molar-refractivity contribution in [2.24, 2.45) is 0 Å². The maximum Gasteiger partial charge on any atom is 0.319 e. The molecule has 30 heavy (non-hydrogen) atoms. The van der Waals surface area contributed by atoms with Crippen molar-refractivity contribution in [2.45, 2.75) is 38.8 Å². The van der Waals surface area contributed by atoms with Crippen LogP contribution in [0.25, 0.3) is 0 Å². The molecule has 2 aromatic carbocycles. The molecule has 1 atom stereocenters. The number of benzene rings is 2. The number of nitrogens with zero attached hydrogens (tertiary/aromatic N) is 1. The Kier molecular flexibility index (Phi) is 7.06. The number of rotatable bonds is 5. The first-order chi connectivity index (χ1) is 14.4. The van der Waals surface area contributed by atoms with Crippen LogP contribution in [0.5, 0.6) is 0 Å². The lowest BCUT2D eigenvalue weighted by molar-refractivity contribution is -0.133. The van der Waals surface area contributed by atoms with Gasteiger partial charge in [-0.25, -0.2) is 4.79 Å². The second-order valence-corrected chi connectivity index (χ2v) is 7.63. The number of aryl methyl sites for hydroxylation is 1. The van der Waals surface area contributed by atoms with Crippen LogP contribution < -0.4 is 16.0 Å². The van der Waals surface area contributed by atoms with Crippen molar-refractivity contribution >= 4 is 23.5 Å². The number of urea groups is 1. The van der Waals surface area contributed by atoms with E-state index in [-0.39, 0.29) is 23.9 Å². The number of piperidine rings is 1. The van der Waals surface area contributed by atoms with Gasteiger partial charge in [-0.2, -0.15) is 0 Å². The standard InChI is InChI=1S/C23H28N4O3/c1-16-7-6-8-18(15-16)21(28)24-17(2)22(29)27-13-11-20(12-14-27)26-23(30)25-19-9-4-3-5-10-19/h3-10,15,17,20H,11-14H2,1-2H3,(H,24,28)(H2,25,26,30). The number of anilines is 1. The molecular formula is C23H28N4O3. The average molecular weight is 409 g/mol. The molecule has 1 fully saturated rings. The number of carbonyl (C=O) groups is 3. The van der Waals surface area contributed by atoms with E-state index in [1.165, 1.54) is 0 Å². The maximum absolute atomic E-state index is 12.7. The van der Waals surface area contributed by atoms with Gasteiger partial charge in [0.05, 0.1) is 0 Å². The second-order valence-electron chi connectivity index (χ2n) is 7.63. The third kappa shape index (κ3) is 5.83. The molecule has 1 aliphatic rings. The van der Waals surface area contributed by atoms with E-state index < -0.39 is 6.04 Å². The number of carbonyl (C=O) groups excluding carboxylic acids is 3. The summed E-state index contributed by atoms with van der Waals surface area (Å²) in [4.78, 5) is 39.0. The molecule has 0 bridgehead atoms. The van der Waals surface area contributed by atoms with Crippen LogP contribution in [-0.4, -0.2) is 47.9 Å². The Bertz CT molecular complexity index is 892. The van der Waals surface area contributed by atoms with E-state index in [1.807, 2.05) is 49.4 Å². The number of hydrogen-bond donors (Lipinski definition) is 3. The van der Waals surface area contributed by atoms with E-state index in [4.69, 9.17) is 0 Å². The Labute approximate surface area is 176 Å².